The molecule has 0 amide bonds. The average molecular weight is 379 g/mol. The third-order valence-electron chi connectivity index (χ3n) is 5.90. The summed E-state index contributed by atoms with van der Waals surface area (Å²) < 4.78 is 0. The highest BCUT2D eigenvalue weighted by molar-refractivity contribution is 7.69. The monoisotopic (exact) mass is 378 g/mol. The summed E-state index contributed by atoms with van der Waals surface area (Å²) in [6, 6.07) is 20.5. The molecule has 144 valence electrons. The molecular weight excluding hydrogens is 343 g/mol. The number of benzene rings is 3. The van der Waals surface area contributed by atoms with Gasteiger partial charge in [0.1, 0.15) is 0 Å². The van der Waals surface area contributed by atoms with Crippen molar-refractivity contribution in [2.75, 3.05) is 0 Å². The first-order valence-corrected chi connectivity index (χ1v) is 11.9. The van der Waals surface area contributed by atoms with Crippen molar-refractivity contribution in [3.05, 3.63) is 54.6 Å². The van der Waals surface area contributed by atoms with Crippen LogP contribution in [-0.2, 0) is 0 Å². The van der Waals surface area contributed by atoms with E-state index < -0.39 is 0 Å². The van der Waals surface area contributed by atoms with Gasteiger partial charge >= 0.3 is 0 Å². The van der Waals surface area contributed by atoms with Crippen molar-refractivity contribution >= 4 is 34.8 Å². The molecule has 0 fully saturated rings. The number of rotatable bonds is 7. The molecule has 0 saturated heterocycles. The molecule has 0 saturated carbocycles. The largest absolute Gasteiger partial charge is 0.0653 e. The van der Waals surface area contributed by atoms with Crippen LogP contribution in [0.4, 0.5) is 0 Å². The minimum absolute atomic E-state index is 0.315. The van der Waals surface area contributed by atoms with Gasteiger partial charge in [0, 0.05) is 0 Å². The smallest absolute Gasteiger partial charge is 0.00736 e. The Labute approximate surface area is 167 Å². The number of fused-ring (bicyclic) bond motifs is 2. The first-order chi connectivity index (χ1) is 12.8. The molecule has 0 spiro atoms. The molecule has 0 unspecified atom stereocenters. The molecule has 0 aromatic heterocycles. The van der Waals surface area contributed by atoms with Crippen LogP contribution in [0.3, 0.4) is 0 Å². The molecule has 0 radical (unpaired) electrons. The Balaban J connectivity index is 2.41. The molecule has 0 aliphatic rings. The maximum Gasteiger partial charge on any atom is -0.00736 e. The molecule has 0 bridgehead atoms. The molecule has 0 nitrogen and oxygen atoms in total. The van der Waals surface area contributed by atoms with Gasteiger partial charge in [-0.1, -0.05) is 111 Å². The van der Waals surface area contributed by atoms with Crippen LogP contribution in [0, 0.1) is 0 Å². The normalized spacial score (nSPS) is 13.0. The Morgan fingerprint density at radius 1 is 0.667 bits per heavy atom. The Morgan fingerprint density at radius 2 is 1.07 bits per heavy atom. The Bertz CT molecular complexity index is 848. The first-order valence-electron chi connectivity index (χ1n) is 10.5. The van der Waals surface area contributed by atoms with Crippen LogP contribution in [0.1, 0.15) is 67.2 Å². The van der Waals surface area contributed by atoms with E-state index in [4.69, 9.17) is 0 Å². The van der Waals surface area contributed by atoms with Crippen molar-refractivity contribution in [3.63, 3.8) is 0 Å². The second kappa shape index (κ2) is 7.92. The van der Waals surface area contributed by atoms with Crippen LogP contribution in [0.25, 0.3) is 21.5 Å². The summed E-state index contributed by atoms with van der Waals surface area (Å²) in [5.74, 6) is 0. The fourth-order valence-electron chi connectivity index (χ4n) is 5.10. The van der Waals surface area contributed by atoms with Crippen LogP contribution >= 0.6 is 7.92 Å². The molecule has 0 heterocycles. The van der Waals surface area contributed by atoms with E-state index in [1.807, 2.05) is 0 Å². The zero-order valence-electron chi connectivity index (χ0n) is 18.0. The molecule has 3 rings (SSSR count). The van der Waals surface area contributed by atoms with Gasteiger partial charge < -0.3 is 0 Å². The van der Waals surface area contributed by atoms with Crippen LogP contribution in [0.2, 0.25) is 0 Å². The highest BCUT2D eigenvalue weighted by atomic mass is 31.1. The summed E-state index contributed by atoms with van der Waals surface area (Å²) in [5.41, 5.74) is 0. The SMILES string of the molecule is CCCC(C)(C)P(c1c2ccccc2cc2ccccc12)C(C)(C)CCC. The van der Waals surface area contributed by atoms with Crippen molar-refractivity contribution in [3.8, 4) is 0 Å². The highest BCUT2D eigenvalue weighted by Crippen LogP contribution is 2.63. The van der Waals surface area contributed by atoms with E-state index in [-0.39, 0.29) is 7.92 Å². The average Bonchev–Trinajstić information content (AvgIpc) is 2.61. The highest BCUT2D eigenvalue weighted by Gasteiger charge is 2.41. The Morgan fingerprint density at radius 3 is 1.48 bits per heavy atom. The van der Waals surface area contributed by atoms with Crippen molar-refractivity contribution in [1.29, 1.82) is 0 Å². The van der Waals surface area contributed by atoms with Gasteiger partial charge in [-0.05, 0) is 56.1 Å². The van der Waals surface area contributed by atoms with Gasteiger partial charge in [-0.3, -0.25) is 0 Å². The molecule has 3 aromatic rings. The van der Waals surface area contributed by atoms with Crippen LogP contribution in [-0.4, -0.2) is 10.3 Å². The van der Waals surface area contributed by atoms with E-state index in [9.17, 15) is 0 Å². The molecule has 0 aliphatic carbocycles. The van der Waals surface area contributed by atoms with Crippen molar-refractivity contribution in [2.24, 2.45) is 0 Å². The predicted molar refractivity (Wildman–Crippen MR) is 126 cm³/mol. The van der Waals surface area contributed by atoms with Gasteiger partial charge in [0.2, 0.25) is 0 Å². The summed E-state index contributed by atoms with van der Waals surface area (Å²) in [6.07, 6.45) is 5.06. The van der Waals surface area contributed by atoms with E-state index in [0.29, 0.717) is 10.3 Å². The molecular formula is C26H35P. The van der Waals surface area contributed by atoms with Gasteiger partial charge in [0.05, 0.1) is 0 Å². The summed E-state index contributed by atoms with van der Waals surface area (Å²) in [6.45, 7) is 14.8. The topological polar surface area (TPSA) is 0 Å². The molecule has 3 aromatic carbocycles. The van der Waals surface area contributed by atoms with Gasteiger partial charge in [0.25, 0.3) is 0 Å². The Hall–Kier alpha value is -1.39. The minimum atomic E-state index is -0.354. The molecule has 0 atom stereocenters. The maximum atomic E-state index is 2.52. The number of hydrogen-bond donors (Lipinski definition) is 0. The van der Waals surface area contributed by atoms with E-state index in [2.05, 4.69) is 96.1 Å². The third-order valence-corrected chi connectivity index (χ3v) is 9.70. The van der Waals surface area contributed by atoms with Crippen LogP contribution in [0.5, 0.6) is 0 Å². The van der Waals surface area contributed by atoms with Crippen LogP contribution < -0.4 is 5.30 Å². The Kier molecular flexibility index (Phi) is 5.97. The zero-order valence-corrected chi connectivity index (χ0v) is 18.9. The van der Waals surface area contributed by atoms with Crippen molar-refractivity contribution in [2.45, 2.75) is 77.5 Å². The second-order valence-electron chi connectivity index (χ2n) is 9.13. The van der Waals surface area contributed by atoms with Gasteiger partial charge in [-0.25, -0.2) is 0 Å². The lowest BCUT2D eigenvalue weighted by molar-refractivity contribution is 0.564. The zero-order chi connectivity index (χ0) is 19.7. The lowest BCUT2D eigenvalue weighted by Crippen LogP contribution is -2.35. The third kappa shape index (κ3) is 3.93. The van der Waals surface area contributed by atoms with Gasteiger partial charge in [-0.15, -0.1) is 0 Å². The summed E-state index contributed by atoms with van der Waals surface area (Å²) >= 11 is 0. The standard InChI is InChI=1S/C26H35P/c1-7-17-25(3,4)27(26(5,6)18-8-2)24-22-15-11-9-13-20(22)19-21-14-10-12-16-23(21)24/h9-16,19H,7-8,17-18H2,1-6H3. The first kappa shape index (κ1) is 20.3. The minimum Gasteiger partial charge on any atom is -0.0653 e. The summed E-state index contributed by atoms with van der Waals surface area (Å²) in [5, 5.41) is 7.98. The maximum absolute atomic E-state index is 2.52. The fraction of sp³-hybridized carbons (Fsp3) is 0.462. The molecule has 27 heavy (non-hydrogen) atoms. The summed E-state index contributed by atoms with van der Waals surface area (Å²) in [7, 11) is -0.354. The second-order valence-corrected chi connectivity index (χ2v) is 12.7. The lowest BCUT2D eigenvalue weighted by Gasteiger charge is -2.47. The lowest BCUT2D eigenvalue weighted by atomic mass is 10.0. The predicted octanol–water partition coefficient (Wildman–Crippen LogP) is 8.26. The van der Waals surface area contributed by atoms with Gasteiger partial charge in [0.15, 0.2) is 0 Å². The van der Waals surface area contributed by atoms with E-state index in [1.165, 1.54) is 47.2 Å². The number of hydrogen-bond acceptors (Lipinski definition) is 0. The quantitative estimate of drug-likeness (QED) is 0.287. The fourth-order valence-corrected chi connectivity index (χ4v) is 9.74. The van der Waals surface area contributed by atoms with E-state index in [1.54, 1.807) is 5.30 Å². The van der Waals surface area contributed by atoms with Gasteiger partial charge in [-0.2, -0.15) is 0 Å². The van der Waals surface area contributed by atoms with Crippen molar-refractivity contribution in [1.82, 2.24) is 0 Å². The summed E-state index contributed by atoms with van der Waals surface area (Å²) in [4.78, 5) is 0. The molecule has 0 aliphatic heterocycles. The molecule has 0 N–H and O–H groups in total. The van der Waals surface area contributed by atoms with Crippen LogP contribution in [0.15, 0.2) is 54.6 Å². The van der Waals surface area contributed by atoms with E-state index in [0.717, 1.165) is 0 Å². The van der Waals surface area contributed by atoms with E-state index >= 15 is 0 Å². The van der Waals surface area contributed by atoms with Crippen molar-refractivity contribution < 1.29 is 0 Å². The molecule has 1 heteroatoms.